The number of nitrogens with zero attached hydrogens (tertiary/aromatic N) is 1. The average molecular weight is 357 g/mol. The molecule has 24 heavy (non-hydrogen) atoms. The highest BCUT2D eigenvalue weighted by Crippen LogP contribution is 2.28. The van der Waals surface area contributed by atoms with Crippen LogP contribution in [0.5, 0.6) is 0 Å². The molecule has 0 amide bonds. The number of aromatic nitrogens is 1. The summed E-state index contributed by atoms with van der Waals surface area (Å²) < 4.78 is 25.4. The Morgan fingerprint density at radius 2 is 1.83 bits per heavy atom. The van der Waals surface area contributed by atoms with E-state index >= 15 is 0 Å². The molecule has 1 aromatic heterocycles. The Morgan fingerprint density at radius 3 is 2.50 bits per heavy atom. The van der Waals surface area contributed by atoms with E-state index in [-0.39, 0.29) is 9.80 Å². The Morgan fingerprint density at radius 1 is 1.17 bits per heavy atom. The van der Waals surface area contributed by atoms with Gasteiger partial charge in [0, 0.05) is 27.2 Å². The lowest BCUT2D eigenvalue weighted by atomic mass is 10.1. The van der Waals surface area contributed by atoms with Crippen molar-refractivity contribution in [2.75, 3.05) is 0 Å². The summed E-state index contributed by atoms with van der Waals surface area (Å²) in [6, 6.07) is 15.1. The van der Waals surface area contributed by atoms with E-state index in [4.69, 9.17) is 11.6 Å². The highest BCUT2D eigenvalue weighted by molar-refractivity contribution is 7.95. The summed E-state index contributed by atoms with van der Waals surface area (Å²) in [4.78, 5) is 2.92. The van der Waals surface area contributed by atoms with Crippen LogP contribution < -0.4 is 0 Å². The molecule has 0 unspecified atom stereocenters. The minimum absolute atomic E-state index is 0.0391. The van der Waals surface area contributed by atoms with Crippen LogP contribution in [0.1, 0.15) is 11.3 Å². The number of halogens is 1. The van der Waals surface area contributed by atoms with Crippen molar-refractivity contribution >= 4 is 38.4 Å². The molecule has 120 valence electrons. The Hall–Kier alpha value is -2.55. The Bertz CT molecular complexity index is 1090. The van der Waals surface area contributed by atoms with Crippen molar-refractivity contribution in [3.8, 4) is 6.07 Å². The first-order chi connectivity index (χ1) is 11.4. The molecule has 0 aliphatic carbocycles. The molecule has 1 N–H and O–H groups in total. The van der Waals surface area contributed by atoms with Gasteiger partial charge in [-0.3, -0.25) is 0 Å². The van der Waals surface area contributed by atoms with Crippen LogP contribution in [0.25, 0.3) is 17.0 Å². The molecule has 6 heteroatoms. The predicted octanol–water partition coefficient (Wildman–Crippen LogP) is 4.47. The Labute approximate surface area is 144 Å². The van der Waals surface area contributed by atoms with Crippen molar-refractivity contribution in [1.29, 1.82) is 5.26 Å². The molecule has 0 saturated heterocycles. The normalized spacial score (nSPS) is 12.3. The number of hydrogen-bond donors (Lipinski definition) is 1. The number of hydrogen-bond acceptors (Lipinski definition) is 3. The molecule has 0 saturated carbocycles. The topological polar surface area (TPSA) is 73.7 Å². The number of allylic oxidation sites excluding steroid dienone is 1. The number of nitrogens with one attached hydrogen (secondary N) is 1. The number of sulfone groups is 1. The van der Waals surface area contributed by atoms with Gasteiger partial charge in [0.2, 0.25) is 9.84 Å². The van der Waals surface area contributed by atoms with Gasteiger partial charge in [0.1, 0.15) is 11.0 Å². The van der Waals surface area contributed by atoms with E-state index in [1.54, 1.807) is 0 Å². The zero-order chi connectivity index (χ0) is 17.3. The van der Waals surface area contributed by atoms with E-state index < -0.39 is 9.84 Å². The molecule has 2 aromatic carbocycles. The second kappa shape index (κ2) is 6.16. The third kappa shape index (κ3) is 2.82. The summed E-state index contributed by atoms with van der Waals surface area (Å²) in [6.07, 6.45) is 1.41. The number of aryl methyl sites for hydroxylation is 1. The van der Waals surface area contributed by atoms with Gasteiger partial charge in [0.15, 0.2) is 0 Å². The Balaban J connectivity index is 2.17. The molecule has 1 heterocycles. The molecule has 0 aliphatic heterocycles. The second-order valence-corrected chi connectivity index (χ2v) is 7.64. The van der Waals surface area contributed by atoms with Crippen molar-refractivity contribution < 1.29 is 8.42 Å². The van der Waals surface area contributed by atoms with E-state index in [1.165, 1.54) is 30.3 Å². The fourth-order valence-electron chi connectivity index (χ4n) is 2.53. The minimum atomic E-state index is -3.90. The first-order valence-corrected chi connectivity index (χ1v) is 8.99. The highest BCUT2D eigenvalue weighted by atomic mass is 35.5. The smallest absolute Gasteiger partial charge is 0.216 e. The van der Waals surface area contributed by atoms with Crippen molar-refractivity contribution in [2.24, 2.45) is 0 Å². The zero-order valence-electron chi connectivity index (χ0n) is 12.7. The highest BCUT2D eigenvalue weighted by Gasteiger charge is 2.21. The van der Waals surface area contributed by atoms with Gasteiger partial charge >= 0.3 is 0 Å². The summed E-state index contributed by atoms with van der Waals surface area (Å²) in [5.74, 6) is 0. The van der Waals surface area contributed by atoms with E-state index in [2.05, 4.69) is 4.98 Å². The zero-order valence-corrected chi connectivity index (χ0v) is 14.3. The lowest BCUT2D eigenvalue weighted by Gasteiger charge is -2.03. The predicted molar refractivity (Wildman–Crippen MR) is 95.3 cm³/mol. The Kier molecular flexibility index (Phi) is 4.18. The maximum atomic E-state index is 12.7. The largest absolute Gasteiger partial charge is 0.358 e. The van der Waals surface area contributed by atoms with E-state index in [9.17, 15) is 13.7 Å². The van der Waals surface area contributed by atoms with Gasteiger partial charge in [0.25, 0.3) is 0 Å². The monoisotopic (exact) mass is 356 g/mol. The van der Waals surface area contributed by atoms with E-state index in [1.807, 2.05) is 37.3 Å². The number of H-pyrrole nitrogens is 1. The van der Waals surface area contributed by atoms with Gasteiger partial charge in [-0.2, -0.15) is 5.26 Å². The van der Waals surface area contributed by atoms with Crippen LogP contribution >= 0.6 is 11.6 Å². The molecule has 3 rings (SSSR count). The van der Waals surface area contributed by atoms with E-state index in [0.29, 0.717) is 10.6 Å². The summed E-state index contributed by atoms with van der Waals surface area (Å²) in [6.45, 7) is 1.84. The van der Waals surface area contributed by atoms with Gasteiger partial charge in [0.05, 0.1) is 4.90 Å². The van der Waals surface area contributed by atoms with Crippen molar-refractivity contribution in [1.82, 2.24) is 4.98 Å². The first-order valence-electron chi connectivity index (χ1n) is 7.13. The fourth-order valence-corrected chi connectivity index (χ4v) is 3.79. The van der Waals surface area contributed by atoms with Gasteiger partial charge in [-0.25, -0.2) is 8.42 Å². The average Bonchev–Trinajstić information content (AvgIpc) is 2.88. The summed E-state index contributed by atoms with van der Waals surface area (Å²) in [7, 11) is -3.90. The van der Waals surface area contributed by atoms with Crippen LogP contribution in [0.2, 0.25) is 5.02 Å². The fraction of sp³-hybridized carbons (Fsp3) is 0.0556. The number of fused-ring (bicyclic) bond motifs is 1. The minimum Gasteiger partial charge on any atom is -0.358 e. The number of nitriles is 1. The van der Waals surface area contributed by atoms with Crippen LogP contribution in [0.15, 0.2) is 58.3 Å². The molecule has 0 atom stereocenters. The van der Waals surface area contributed by atoms with Crippen LogP contribution in [0.4, 0.5) is 0 Å². The SMILES string of the molecule is Cc1[nH]c2ccccc2c1C=C(C#N)S(=O)(=O)c1ccc(Cl)cc1. The number of rotatable bonds is 3. The van der Waals surface area contributed by atoms with Gasteiger partial charge in [-0.1, -0.05) is 29.8 Å². The van der Waals surface area contributed by atoms with E-state index in [0.717, 1.165) is 16.6 Å². The molecule has 0 bridgehead atoms. The molecule has 0 fully saturated rings. The third-order valence-electron chi connectivity index (χ3n) is 3.74. The van der Waals surface area contributed by atoms with Crippen LogP contribution in [-0.4, -0.2) is 13.4 Å². The second-order valence-electron chi connectivity index (χ2n) is 5.29. The summed E-state index contributed by atoms with van der Waals surface area (Å²) >= 11 is 5.80. The van der Waals surface area contributed by atoms with Gasteiger partial charge < -0.3 is 4.98 Å². The maximum Gasteiger partial charge on any atom is 0.216 e. The van der Waals surface area contributed by atoms with Gasteiger partial charge in [-0.15, -0.1) is 0 Å². The first kappa shape index (κ1) is 16.3. The summed E-state index contributed by atoms with van der Waals surface area (Å²) in [5.41, 5.74) is 2.39. The molecule has 0 radical (unpaired) electrons. The molecule has 0 spiro atoms. The standard InChI is InChI=1S/C18H13ClN2O2S/c1-12-17(16-4-2-3-5-18(16)21-12)10-15(11-20)24(22,23)14-8-6-13(19)7-9-14/h2-10,21H,1H3. The van der Waals surface area contributed by atoms with Crippen LogP contribution in [-0.2, 0) is 9.84 Å². The summed E-state index contributed by atoms with van der Waals surface area (Å²) in [5, 5.41) is 10.7. The van der Waals surface area contributed by atoms with Crippen molar-refractivity contribution in [3.05, 3.63) is 69.7 Å². The van der Waals surface area contributed by atoms with Gasteiger partial charge in [-0.05, 0) is 43.3 Å². The quantitative estimate of drug-likeness (QED) is 0.703. The van der Waals surface area contributed by atoms with Crippen LogP contribution in [0, 0.1) is 18.3 Å². The number of para-hydroxylation sites is 1. The number of benzene rings is 2. The number of aromatic amines is 1. The van der Waals surface area contributed by atoms with Crippen molar-refractivity contribution in [2.45, 2.75) is 11.8 Å². The lowest BCUT2D eigenvalue weighted by Crippen LogP contribution is -2.03. The molecule has 0 aliphatic rings. The van der Waals surface area contributed by atoms with Crippen LogP contribution in [0.3, 0.4) is 0 Å². The third-order valence-corrected chi connectivity index (χ3v) is 5.68. The molecule has 4 nitrogen and oxygen atoms in total. The molecule has 3 aromatic rings. The van der Waals surface area contributed by atoms with Crippen molar-refractivity contribution in [3.63, 3.8) is 0 Å². The maximum absolute atomic E-state index is 12.7. The molecular weight excluding hydrogens is 344 g/mol. The lowest BCUT2D eigenvalue weighted by molar-refractivity contribution is 0.603. The molecular formula is C18H13ClN2O2S.